The first-order valence-electron chi connectivity index (χ1n) is 6.13. The van der Waals surface area contributed by atoms with Crippen molar-refractivity contribution in [3.63, 3.8) is 0 Å². The summed E-state index contributed by atoms with van der Waals surface area (Å²) >= 11 is 5.46. The lowest BCUT2D eigenvalue weighted by Gasteiger charge is -2.06. The molecule has 0 radical (unpaired) electrons. The van der Waals surface area contributed by atoms with Crippen molar-refractivity contribution in [3.8, 4) is 0 Å². The van der Waals surface area contributed by atoms with Crippen LogP contribution in [0.25, 0.3) is 0 Å². The second-order valence-corrected chi connectivity index (χ2v) is 4.85. The van der Waals surface area contributed by atoms with E-state index >= 15 is 0 Å². The molecule has 0 aliphatic rings. The third-order valence-corrected chi connectivity index (χ3v) is 3.23. The average molecular weight is 299 g/mol. The summed E-state index contributed by atoms with van der Waals surface area (Å²) in [6, 6.07) is 3.40. The van der Waals surface area contributed by atoms with Crippen LogP contribution in [-0.4, -0.2) is 15.6 Å². The van der Waals surface area contributed by atoms with Crippen molar-refractivity contribution in [3.05, 3.63) is 51.8 Å². The Kier molecular flexibility index (Phi) is 4.18. The molecule has 0 unspecified atom stereocenters. The summed E-state index contributed by atoms with van der Waals surface area (Å²) in [6.45, 7) is 4.31. The lowest BCUT2D eigenvalue weighted by Crippen LogP contribution is -2.11. The first-order chi connectivity index (χ1) is 9.42. The van der Waals surface area contributed by atoms with Crippen LogP contribution in [0.3, 0.4) is 0 Å². The normalized spacial score (nSPS) is 10.8. The zero-order chi connectivity index (χ0) is 14.9. The Bertz CT molecular complexity index is 667. The van der Waals surface area contributed by atoms with Crippen molar-refractivity contribution < 1.29 is 13.6 Å². The van der Waals surface area contributed by atoms with E-state index in [1.807, 2.05) is 13.8 Å². The van der Waals surface area contributed by atoms with Gasteiger partial charge in [-0.2, -0.15) is 5.10 Å². The lowest BCUT2D eigenvalue weighted by atomic mass is 10.1. The summed E-state index contributed by atoms with van der Waals surface area (Å²) in [7, 11) is 0. The molecular weight excluding hydrogens is 286 g/mol. The van der Waals surface area contributed by atoms with Crippen LogP contribution >= 0.6 is 11.6 Å². The van der Waals surface area contributed by atoms with E-state index in [1.54, 1.807) is 10.7 Å². The van der Waals surface area contributed by atoms with Gasteiger partial charge in [0.2, 0.25) is 0 Å². The predicted octanol–water partition coefficient (Wildman–Crippen LogP) is 3.57. The van der Waals surface area contributed by atoms with Gasteiger partial charge in [-0.3, -0.25) is 9.48 Å². The molecule has 0 atom stereocenters. The number of nitrogens with zero attached hydrogens (tertiary/aromatic N) is 2. The molecule has 0 aliphatic carbocycles. The Hall–Kier alpha value is -1.75. The summed E-state index contributed by atoms with van der Waals surface area (Å²) < 4.78 is 28.7. The molecule has 0 bridgehead atoms. The molecule has 1 aromatic heterocycles. The monoisotopic (exact) mass is 298 g/mol. The van der Waals surface area contributed by atoms with Gasteiger partial charge in [0.05, 0.1) is 22.7 Å². The number of hydrogen-bond acceptors (Lipinski definition) is 2. The fourth-order valence-corrected chi connectivity index (χ4v) is 2.16. The fraction of sp³-hybridized carbons (Fsp3) is 0.286. The van der Waals surface area contributed by atoms with Gasteiger partial charge in [-0.05, 0) is 32.0 Å². The molecule has 106 valence electrons. The fourth-order valence-electron chi connectivity index (χ4n) is 2.01. The van der Waals surface area contributed by atoms with Crippen LogP contribution in [0.4, 0.5) is 8.78 Å². The Morgan fingerprint density at radius 1 is 1.30 bits per heavy atom. The molecule has 0 aliphatic heterocycles. The molecule has 0 amide bonds. The molecule has 1 heterocycles. The Morgan fingerprint density at radius 2 is 2.00 bits per heavy atom. The van der Waals surface area contributed by atoms with Gasteiger partial charge in [0.1, 0.15) is 11.6 Å². The molecule has 0 fully saturated rings. The van der Waals surface area contributed by atoms with Crippen molar-refractivity contribution in [2.45, 2.75) is 26.8 Å². The predicted molar refractivity (Wildman–Crippen MR) is 72.0 cm³/mol. The minimum atomic E-state index is -0.819. The molecule has 1 aromatic carbocycles. The number of aromatic nitrogens is 2. The highest BCUT2D eigenvalue weighted by Crippen LogP contribution is 2.21. The maximum absolute atomic E-state index is 13.7. The maximum atomic E-state index is 13.7. The summed E-state index contributed by atoms with van der Waals surface area (Å²) in [4.78, 5) is 12.1. The molecule has 0 saturated heterocycles. The van der Waals surface area contributed by atoms with E-state index in [4.69, 9.17) is 11.6 Å². The van der Waals surface area contributed by atoms with E-state index in [0.29, 0.717) is 12.2 Å². The summed E-state index contributed by atoms with van der Waals surface area (Å²) in [6.07, 6.45) is -0.0350. The quantitative estimate of drug-likeness (QED) is 0.639. The molecule has 0 saturated carbocycles. The zero-order valence-corrected chi connectivity index (χ0v) is 11.8. The minimum absolute atomic E-state index is 0.0350. The van der Waals surface area contributed by atoms with Gasteiger partial charge in [0.15, 0.2) is 5.78 Å². The highest BCUT2D eigenvalue weighted by atomic mass is 35.5. The molecule has 0 spiro atoms. The summed E-state index contributed by atoms with van der Waals surface area (Å²) in [5, 5.41) is 3.87. The highest BCUT2D eigenvalue weighted by molar-refractivity contribution is 6.30. The van der Waals surface area contributed by atoms with Crippen LogP contribution in [0.15, 0.2) is 18.2 Å². The van der Waals surface area contributed by atoms with Gasteiger partial charge in [0.25, 0.3) is 0 Å². The largest absolute Gasteiger partial charge is 0.294 e. The van der Waals surface area contributed by atoms with Crippen molar-refractivity contribution in [1.29, 1.82) is 0 Å². The van der Waals surface area contributed by atoms with Crippen LogP contribution in [0.1, 0.15) is 28.7 Å². The van der Waals surface area contributed by atoms with Crippen LogP contribution in [0.5, 0.6) is 0 Å². The number of carbonyl (C=O) groups is 1. The topological polar surface area (TPSA) is 34.9 Å². The summed E-state index contributed by atoms with van der Waals surface area (Å²) in [5.74, 6) is -2.13. The van der Waals surface area contributed by atoms with Crippen LogP contribution in [-0.2, 0) is 13.0 Å². The van der Waals surface area contributed by atoms with Crippen molar-refractivity contribution in [2.75, 3.05) is 0 Å². The third-order valence-electron chi connectivity index (χ3n) is 2.94. The van der Waals surface area contributed by atoms with E-state index in [0.717, 1.165) is 17.8 Å². The van der Waals surface area contributed by atoms with E-state index in [1.165, 1.54) is 0 Å². The molecule has 6 heteroatoms. The molecule has 2 aromatic rings. The highest BCUT2D eigenvalue weighted by Gasteiger charge is 2.17. The number of ketones is 1. The second kappa shape index (κ2) is 5.71. The number of halogens is 3. The van der Waals surface area contributed by atoms with Gasteiger partial charge < -0.3 is 0 Å². The van der Waals surface area contributed by atoms with Gasteiger partial charge in [0, 0.05) is 12.2 Å². The van der Waals surface area contributed by atoms with Crippen LogP contribution < -0.4 is 0 Å². The first kappa shape index (κ1) is 14.7. The third kappa shape index (κ3) is 2.88. The number of carbonyl (C=O) groups excluding carboxylic acids is 1. The smallest absolute Gasteiger partial charge is 0.171 e. The number of hydrogen-bond donors (Lipinski definition) is 0. The number of rotatable bonds is 4. The molecular formula is C14H13ClF2N2O. The van der Waals surface area contributed by atoms with E-state index in [-0.39, 0.29) is 17.0 Å². The average Bonchev–Trinajstić information content (AvgIpc) is 2.73. The number of benzene rings is 1. The Balaban J connectivity index is 2.30. The maximum Gasteiger partial charge on any atom is 0.171 e. The zero-order valence-electron chi connectivity index (χ0n) is 11.1. The van der Waals surface area contributed by atoms with Gasteiger partial charge in [-0.25, -0.2) is 8.78 Å². The van der Waals surface area contributed by atoms with E-state index in [2.05, 4.69) is 5.10 Å². The number of Topliss-reactive ketones (excluding diaryl/α,β-unsaturated/α-hetero) is 1. The van der Waals surface area contributed by atoms with E-state index in [9.17, 15) is 13.6 Å². The lowest BCUT2D eigenvalue weighted by molar-refractivity contribution is 0.0986. The molecule has 0 N–H and O–H groups in total. The SMILES string of the molecule is CCn1nc(C)cc1CC(=O)c1cc(F)c(Cl)cc1F. The molecule has 2 rings (SSSR count). The summed E-state index contributed by atoms with van der Waals surface area (Å²) in [5.41, 5.74) is 1.15. The van der Waals surface area contributed by atoms with Crippen LogP contribution in [0.2, 0.25) is 5.02 Å². The van der Waals surface area contributed by atoms with Crippen molar-refractivity contribution in [1.82, 2.24) is 9.78 Å². The van der Waals surface area contributed by atoms with Gasteiger partial charge >= 0.3 is 0 Å². The minimum Gasteiger partial charge on any atom is -0.294 e. The van der Waals surface area contributed by atoms with Gasteiger partial charge in [-0.15, -0.1) is 0 Å². The molecule has 3 nitrogen and oxygen atoms in total. The first-order valence-corrected chi connectivity index (χ1v) is 6.51. The molecule has 20 heavy (non-hydrogen) atoms. The van der Waals surface area contributed by atoms with Crippen molar-refractivity contribution in [2.24, 2.45) is 0 Å². The van der Waals surface area contributed by atoms with Crippen molar-refractivity contribution >= 4 is 17.4 Å². The van der Waals surface area contributed by atoms with E-state index < -0.39 is 17.4 Å². The second-order valence-electron chi connectivity index (χ2n) is 4.44. The van der Waals surface area contributed by atoms with Crippen LogP contribution in [0, 0.1) is 18.6 Å². The Labute approximate surface area is 120 Å². The number of aryl methyl sites for hydroxylation is 2. The van der Waals surface area contributed by atoms with Gasteiger partial charge in [-0.1, -0.05) is 11.6 Å². The Morgan fingerprint density at radius 3 is 2.65 bits per heavy atom. The standard InChI is InChI=1S/C14H13ClF2N2O/c1-3-19-9(4-8(2)18-19)5-14(20)10-6-13(17)11(15)7-12(10)16/h4,6-7H,3,5H2,1-2H3.